The van der Waals surface area contributed by atoms with E-state index in [2.05, 4.69) is 24.1 Å². The van der Waals surface area contributed by atoms with Gasteiger partial charge in [0, 0.05) is 23.7 Å². The summed E-state index contributed by atoms with van der Waals surface area (Å²) in [5.74, 6) is 0.876. The topological polar surface area (TPSA) is 34.1 Å². The van der Waals surface area contributed by atoms with E-state index in [1.807, 2.05) is 30.3 Å². The summed E-state index contributed by atoms with van der Waals surface area (Å²) < 4.78 is 5.73. The lowest BCUT2D eigenvalue weighted by molar-refractivity contribution is 0.275. The van der Waals surface area contributed by atoms with E-state index in [1.165, 1.54) is 0 Å². The van der Waals surface area contributed by atoms with E-state index in [0.717, 1.165) is 23.2 Å². The Morgan fingerprint density at radius 3 is 3.06 bits per heavy atom. The quantitative estimate of drug-likeness (QED) is 0.857. The van der Waals surface area contributed by atoms with Gasteiger partial charge in [-0.2, -0.15) is 0 Å². The zero-order valence-electron chi connectivity index (χ0n) is 10.3. The fourth-order valence-electron chi connectivity index (χ4n) is 1.76. The molecule has 1 unspecified atom stereocenters. The third kappa shape index (κ3) is 3.17. The van der Waals surface area contributed by atoms with Gasteiger partial charge in [-0.15, -0.1) is 0 Å². The van der Waals surface area contributed by atoms with E-state index in [1.54, 1.807) is 6.20 Å². The lowest BCUT2D eigenvalue weighted by Crippen LogP contribution is -2.31. The van der Waals surface area contributed by atoms with E-state index in [4.69, 9.17) is 4.74 Å². The first kappa shape index (κ1) is 11.9. The minimum atomic E-state index is 0.361. The Kier molecular flexibility index (Phi) is 3.94. The van der Waals surface area contributed by atoms with Gasteiger partial charge in [0.25, 0.3) is 0 Å². The summed E-state index contributed by atoms with van der Waals surface area (Å²) >= 11 is 0. The lowest BCUT2D eigenvalue weighted by Gasteiger charge is -2.13. The van der Waals surface area contributed by atoms with Gasteiger partial charge in [-0.05, 0) is 31.7 Å². The summed E-state index contributed by atoms with van der Waals surface area (Å²) in [5, 5.41) is 4.45. The van der Waals surface area contributed by atoms with Gasteiger partial charge in [-0.1, -0.05) is 13.0 Å². The molecule has 0 aliphatic heterocycles. The number of pyridine rings is 1. The minimum Gasteiger partial charge on any atom is -0.492 e. The van der Waals surface area contributed by atoms with Crippen molar-refractivity contribution < 1.29 is 4.74 Å². The van der Waals surface area contributed by atoms with Gasteiger partial charge in [-0.25, -0.2) is 0 Å². The van der Waals surface area contributed by atoms with Crippen LogP contribution in [0.4, 0.5) is 0 Å². The first-order chi connectivity index (χ1) is 8.29. The first-order valence-corrected chi connectivity index (χ1v) is 6.00. The van der Waals surface area contributed by atoms with Crippen LogP contribution in [-0.4, -0.2) is 24.2 Å². The monoisotopic (exact) mass is 230 g/mol. The van der Waals surface area contributed by atoms with Crippen molar-refractivity contribution in [1.29, 1.82) is 0 Å². The van der Waals surface area contributed by atoms with Gasteiger partial charge in [-0.3, -0.25) is 4.98 Å². The fraction of sp³-hybridized carbons (Fsp3) is 0.357. The molecule has 3 heteroatoms. The van der Waals surface area contributed by atoms with Crippen molar-refractivity contribution in [2.24, 2.45) is 0 Å². The Labute approximate surface area is 102 Å². The number of hydrogen-bond donors (Lipinski definition) is 1. The standard InChI is InChI=1S/C14H18N2O/c1-3-15-11(2)10-17-13-7-6-12-5-4-8-16-14(12)9-13/h4-9,11,15H,3,10H2,1-2H3. The SMILES string of the molecule is CCNC(C)COc1ccc2cccnc2c1. The predicted octanol–water partition coefficient (Wildman–Crippen LogP) is 2.61. The number of likely N-dealkylation sites (N-methyl/N-ethyl adjacent to an activating group) is 1. The van der Waals surface area contributed by atoms with Crippen LogP contribution in [-0.2, 0) is 0 Å². The number of fused-ring (bicyclic) bond motifs is 1. The summed E-state index contributed by atoms with van der Waals surface area (Å²) in [7, 11) is 0. The number of nitrogens with zero attached hydrogens (tertiary/aromatic N) is 1. The smallest absolute Gasteiger partial charge is 0.121 e. The Morgan fingerprint density at radius 1 is 1.35 bits per heavy atom. The van der Waals surface area contributed by atoms with Crippen LogP contribution in [0.25, 0.3) is 10.9 Å². The van der Waals surface area contributed by atoms with Gasteiger partial charge in [0.1, 0.15) is 12.4 Å². The molecule has 0 saturated carbocycles. The molecule has 1 atom stereocenters. The molecule has 2 rings (SSSR count). The molecule has 1 aromatic heterocycles. The van der Waals surface area contributed by atoms with Gasteiger partial charge in [0.05, 0.1) is 5.52 Å². The second kappa shape index (κ2) is 5.64. The van der Waals surface area contributed by atoms with Crippen molar-refractivity contribution in [2.75, 3.05) is 13.2 Å². The fourth-order valence-corrected chi connectivity index (χ4v) is 1.76. The zero-order chi connectivity index (χ0) is 12.1. The second-order valence-corrected chi connectivity index (χ2v) is 4.13. The molecule has 2 aromatic rings. The van der Waals surface area contributed by atoms with Crippen LogP contribution >= 0.6 is 0 Å². The van der Waals surface area contributed by atoms with Crippen LogP contribution in [0, 0.1) is 0 Å². The number of ether oxygens (including phenoxy) is 1. The van der Waals surface area contributed by atoms with Crippen molar-refractivity contribution in [3.8, 4) is 5.75 Å². The highest BCUT2D eigenvalue weighted by Crippen LogP contribution is 2.18. The minimum absolute atomic E-state index is 0.361. The molecule has 1 aromatic carbocycles. The highest BCUT2D eigenvalue weighted by atomic mass is 16.5. The van der Waals surface area contributed by atoms with Crippen LogP contribution in [0.5, 0.6) is 5.75 Å². The first-order valence-electron chi connectivity index (χ1n) is 6.00. The third-order valence-corrected chi connectivity index (χ3v) is 2.63. The Balaban J connectivity index is 2.04. The molecule has 0 radical (unpaired) electrons. The number of nitrogens with one attached hydrogen (secondary N) is 1. The molecule has 3 nitrogen and oxygen atoms in total. The zero-order valence-corrected chi connectivity index (χ0v) is 10.3. The van der Waals surface area contributed by atoms with Crippen molar-refractivity contribution in [1.82, 2.24) is 10.3 Å². The maximum Gasteiger partial charge on any atom is 0.121 e. The van der Waals surface area contributed by atoms with Crippen LogP contribution in [0.15, 0.2) is 36.5 Å². The lowest BCUT2D eigenvalue weighted by atomic mass is 10.2. The third-order valence-electron chi connectivity index (χ3n) is 2.63. The Bertz CT molecular complexity index is 484. The van der Waals surface area contributed by atoms with E-state index >= 15 is 0 Å². The summed E-state index contributed by atoms with van der Waals surface area (Å²) in [4.78, 5) is 4.31. The average Bonchev–Trinajstić information content (AvgIpc) is 2.36. The molecule has 0 aliphatic carbocycles. The molecule has 0 bridgehead atoms. The molecule has 1 N–H and O–H groups in total. The van der Waals surface area contributed by atoms with E-state index in [0.29, 0.717) is 12.6 Å². The average molecular weight is 230 g/mol. The number of hydrogen-bond acceptors (Lipinski definition) is 3. The van der Waals surface area contributed by atoms with E-state index < -0.39 is 0 Å². The van der Waals surface area contributed by atoms with Crippen LogP contribution in [0.3, 0.4) is 0 Å². The van der Waals surface area contributed by atoms with Crippen molar-refractivity contribution >= 4 is 10.9 Å². The highest BCUT2D eigenvalue weighted by Gasteiger charge is 2.02. The Morgan fingerprint density at radius 2 is 2.24 bits per heavy atom. The second-order valence-electron chi connectivity index (χ2n) is 4.13. The van der Waals surface area contributed by atoms with Gasteiger partial charge >= 0.3 is 0 Å². The molecule has 0 aliphatic rings. The molecule has 0 saturated heterocycles. The summed E-state index contributed by atoms with van der Waals surface area (Å²) in [5.41, 5.74) is 0.973. The number of rotatable bonds is 5. The molecule has 17 heavy (non-hydrogen) atoms. The molecular formula is C14H18N2O. The Hall–Kier alpha value is -1.61. The van der Waals surface area contributed by atoms with Crippen LogP contribution in [0.1, 0.15) is 13.8 Å². The maximum atomic E-state index is 5.73. The molecule has 0 amide bonds. The number of aromatic nitrogens is 1. The van der Waals surface area contributed by atoms with Gasteiger partial charge in [0.2, 0.25) is 0 Å². The van der Waals surface area contributed by atoms with E-state index in [9.17, 15) is 0 Å². The molecule has 0 fully saturated rings. The summed E-state index contributed by atoms with van der Waals surface area (Å²) in [6, 6.07) is 10.4. The number of benzene rings is 1. The van der Waals surface area contributed by atoms with Crippen LogP contribution < -0.4 is 10.1 Å². The van der Waals surface area contributed by atoms with Crippen molar-refractivity contribution in [3.05, 3.63) is 36.5 Å². The maximum absolute atomic E-state index is 5.73. The van der Waals surface area contributed by atoms with Crippen molar-refractivity contribution in [2.45, 2.75) is 19.9 Å². The summed E-state index contributed by atoms with van der Waals surface area (Å²) in [6.07, 6.45) is 1.80. The van der Waals surface area contributed by atoms with Gasteiger partial charge in [0.15, 0.2) is 0 Å². The molecule has 90 valence electrons. The highest BCUT2D eigenvalue weighted by molar-refractivity contribution is 5.79. The van der Waals surface area contributed by atoms with Crippen LogP contribution in [0.2, 0.25) is 0 Å². The normalized spacial score (nSPS) is 12.6. The molecule has 0 spiro atoms. The van der Waals surface area contributed by atoms with E-state index in [-0.39, 0.29) is 0 Å². The largest absolute Gasteiger partial charge is 0.492 e. The molecule has 1 heterocycles. The predicted molar refractivity (Wildman–Crippen MR) is 70.4 cm³/mol. The summed E-state index contributed by atoms with van der Waals surface area (Å²) in [6.45, 7) is 5.84. The molecular weight excluding hydrogens is 212 g/mol. The van der Waals surface area contributed by atoms with Gasteiger partial charge < -0.3 is 10.1 Å². The van der Waals surface area contributed by atoms with Crippen molar-refractivity contribution in [3.63, 3.8) is 0 Å².